The summed E-state index contributed by atoms with van der Waals surface area (Å²) >= 11 is 0. The van der Waals surface area contributed by atoms with Crippen LogP contribution in [0.4, 0.5) is 26.3 Å². The van der Waals surface area contributed by atoms with Gasteiger partial charge in [-0.1, -0.05) is 96.3 Å². The Kier molecular flexibility index (Phi) is 9.67. The largest absolute Gasteiger partial charge is 0.206 e. The summed E-state index contributed by atoms with van der Waals surface area (Å²) in [5.41, 5.74) is 3.81. The molecule has 40 heavy (non-hydrogen) atoms. The first kappa shape index (κ1) is 33.8. The van der Waals surface area contributed by atoms with Crippen molar-refractivity contribution in [3.05, 3.63) is 51.6 Å². The normalized spacial score (nSPS) is 12.2. The van der Waals surface area contributed by atoms with E-state index in [-0.39, 0.29) is 0 Å². The van der Waals surface area contributed by atoms with Gasteiger partial charge in [0.05, 0.1) is 35.9 Å². The summed E-state index contributed by atoms with van der Waals surface area (Å²) in [7, 11) is -9.45. The van der Waals surface area contributed by atoms with Crippen LogP contribution in [-0.4, -0.2) is 32.3 Å². The molecule has 0 aliphatic heterocycles. The molecular weight excluding hydrogens is 587 g/mol. The molecule has 0 radical (unpaired) electrons. The number of rotatable bonds is 2. The lowest BCUT2D eigenvalue weighted by Gasteiger charge is -2.23. The maximum Gasteiger partial charge on any atom is 0.160 e. The predicted octanol–water partition coefficient (Wildman–Crippen LogP) is 8.42. The minimum atomic E-state index is -2.91. The Morgan fingerprint density at radius 3 is 0.925 bits per heavy atom. The standard InChI is InChI=1S/C30H36F6Si4/c1-37(2,3)16-13-19-24(31)20(14-17-38(4,5)6)26(33)22(25(19)32)23-27(34)21(15-18-39(7,8)9)28(35)30(29(23)36)40(10,11)12/h1-12H3. The van der Waals surface area contributed by atoms with Crippen LogP contribution in [0.25, 0.3) is 11.1 Å². The van der Waals surface area contributed by atoms with Gasteiger partial charge in [0.25, 0.3) is 0 Å². The summed E-state index contributed by atoms with van der Waals surface area (Å²) in [6, 6.07) is 0. The highest BCUT2D eigenvalue weighted by atomic mass is 28.3. The van der Waals surface area contributed by atoms with Crippen molar-refractivity contribution in [2.24, 2.45) is 0 Å². The molecule has 0 saturated carbocycles. The highest BCUT2D eigenvalue weighted by molar-refractivity contribution is 6.89. The molecule has 0 fully saturated rings. The summed E-state index contributed by atoms with van der Waals surface area (Å²) in [5, 5.41) is -0.448. The predicted molar refractivity (Wildman–Crippen MR) is 165 cm³/mol. The van der Waals surface area contributed by atoms with E-state index in [0.29, 0.717) is 0 Å². The first-order valence-corrected chi connectivity index (χ1v) is 26.9. The topological polar surface area (TPSA) is 0 Å². The number of halogens is 6. The summed E-state index contributed by atoms with van der Waals surface area (Å²) < 4.78 is 95.6. The lowest BCUT2D eigenvalue weighted by molar-refractivity contribution is 0.526. The molecule has 2 aromatic carbocycles. The summed E-state index contributed by atoms with van der Waals surface area (Å²) in [6.07, 6.45) is 0. The number of hydrogen-bond donors (Lipinski definition) is 0. The van der Waals surface area contributed by atoms with Crippen LogP contribution in [0.2, 0.25) is 78.6 Å². The van der Waals surface area contributed by atoms with Crippen molar-refractivity contribution < 1.29 is 26.3 Å². The average molecular weight is 623 g/mol. The smallest absolute Gasteiger partial charge is 0.160 e. The van der Waals surface area contributed by atoms with Crippen molar-refractivity contribution in [1.29, 1.82) is 0 Å². The van der Waals surface area contributed by atoms with Gasteiger partial charge < -0.3 is 0 Å². The van der Waals surface area contributed by atoms with Gasteiger partial charge in [-0.3, -0.25) is 0 Å². The van der Waals surface area contributed by atoms with Gasteiger partial charge in [0.2, 0.25) is 0 Å². The minimum absolute atomic E-state index is 0.448. The second kappa shape index (κ2) is 11.4. The van der Waals surface area contributed by atoms with Crippen LogP contribution < -0.4 is 5.19 Å². The highest BCUT2D eigenvalue weighted by Crippen LogP contribution is 2.37. The summed E-state index contributed by atoms with van der Waals surface area (Å²) in [4.78, 5) is 0. The molecule has 0 saturated heterocycles. The minimum Gasteiger partial charge on any atom is -0.206 e. The summed E-state index contributed by atoms with van der Waals surface area (Å²) in [5.74, 6) is -1.19. The summed E-state index contributed by atoms with van der Waals surface area (Å²) in [6.45, 7) is 21.5. The van der Waals surface area contributed by atoms with E-state index in [2.05, 4.69) is 34.4 Å². The van der Waals surface area contributed by atoms with E-state index in [4.69, 9.17) is 0 Å². The highest BCUT2D eigenvalue weighted by Gasteiger charge is 2.36. The second-order valence-corrected chi connectivity index (χ2v) is 33.1. The van der Waals surface area contributed by atoms with E-state index >= 15 is 26.3 Å². The zero-order valence-corrected chi connectivity index (χ0v) is 29.3. The Bertz CT molecular complexity index is 1490. The third-order valence-corrected chi connectivity index (χ3v) is 9.89. The lowest BCUT2D eigenvalue weighted by atomic mass is 9.94. The Balaban J connectivity index is 3.31. The molecule has 2 rings (SSSR count). The third-order valence-electron chi connectivity index (χ3n) is 5.32. The van der Waals surface area contributed by atoms with Gasteiger partial charge in [-0.05, 0) is 0 Å². The van der Waals surface area contributed by atoms with Gasteiger partial charge in [-0.25, -0.2) is 26.3 Å². The SMILES string of the molecule is C[Si](C)(C)C#Cc1c(F)c(C#C[Si](C)(C)C)c(F)c(-c2c(F)c(C#C[Si](C)(C)C)c(F)c([Si](C)(C)C)c2F)c1F. The molecule has 0 spiro atoms. The molecular formula is C30H36F6Si4. The van der Waals surface area contributed by atoms with E-state index in [0.717, 1.165) is 0 Å². The van der Waals surface area contributed by atoms with Crippen molar-refractivity contribution in [3.8, 4) is 45.5 Å². The first-order chi connectivity index (χ1) is 17.9. The van der Waals surface area contributed by atoms with Gasteiger partial charge in [0.1, 0.15) is 35.9 Å². The van der Waals surface area contributed by atoms with Crippen LogP contribution >= 0.6 is 0 Å². The Labute approximate surface area is 239 Å². The Morgan fingerprint density at radius 1 is 0.375 bits per heavy atom. The van der Waals surface area contributed by atoms with Crippen molar-refractivity contribution >= 4 is 37.5 Å². The fraction of sp³-hybridized carbons (Fsp3) is 0.400. The molecule has 0 unspecified atom stereocenters. The third kappa shape index (κ3) is 7.85. The van der Waals surface area contributed by atoms with Crippen LogP contribution in [0.3, 0.4) is 0 Å². The van der Waals surface area contributed by atoms with Crippen LogP contribution in [-0.2, 0) is 0 Å². The molecule has 10 heteroatoms. The maximum absolute atomic E-state index is 16.1. The average Bonchev–Trinajstić information content (AvgIpc) is 2.72. The van der Waals surface area contributed by atoms with Gasteiger partial charge in [0, 0.05) is 5.19 Å². The van der Waals surface area contributed by atoms with E-state index in [1.807, 2.05) is 58.9 Å². The fourth-order valence-corrected chi connectivity index (χ4v) is 6.57. The molecule has 0 atom stereocenters. The first-order valence-electron chi connectivity index (χ1n) is 12.9. The molecule has 0 N–H and O–H groups in total. The number of hydrogen-bond acceptors (Lipinski definition) is 0. The van der Waals surface area contributed by atoms with Gasteiger partial charge >= 0.3 is 0 Å². The molecule has 0 aliphatic carbocycles. The molecule has 0 nitrogen and oxygen atoms in total. The van der Waals surface area contributed by atoms with Crippen molar-refractivity contribution in [3.63, 3.8) is 0 Å². The molecule has 0 bridgehead atoms. The van der Waals surface area contributed by atoms with Crippen LogP contribution in [0.15, 0.2) is 0 Å². The van der Waals surface area contributed by atoms with Crippen molar-refractivity contribution in [2.45, 2.75) is 78.6 Å². The van der Waals surface area contributed by atoms with E-state index in [9.17, 15) is 0 Å². The van der Waals surface area contributed by atoms with Crippen molar-refractivity contribution in [2.75, 3.05) is 0 Å². The Hall–Kier alpha value is -2.43. The van der Waals surface area contributed by atoms with Gasteiger partial charge in [-0.15, -0.1) is 16.6 Å². The van der Waals surface area contributed by atoms with Crippen LogP contribution in [0.5, 0.6) is 0 Å². The van der Waals surface area contributed by atoms with Crippen LogP contribution in [0.1, 0.15) is 16.7 Å². The molecule has 2 aromatic rings. The van der Waals surface area contributed by atoms with E-state index in [1.165, 1.54) is 0 Å². The maximum atomic E-state index is 16.1. The van der Waals surface area contributed by atoms with Gasteiger partial charge in [-0.2, -0.15) is 0 Å². The zero-order valence-electron chi connectivity index (χ0n) is 25.3. The van der Waals surface area contributed by atoms with Crippen LogP contribution in [0, 0.1) is 69.3 Å². The van der Waals surface area contributed by atoms with E-state index < -0.39 is 100 Å². The molecule has 0 heterocycles. The molecule has 0 aliphatic rings. The monoisotopic (exact) mass is 622 g/mol. The molecule has 0 amide bonds. The zero-order chi connectivity index (χ0) is 31.2. The second-order valence-electron chi connectivity index (χ2n) is 13.9. The lowest BCUT2D eigenvalue weighted by Crippen LogP contribution is -2.44. The quantitative estimate of drug-likeness (QED) is 0.179. The van der Waals surface area contributed by atoms with Gasteiger partial charge in [0.15, 0.2) is 23.3 Å². The number of benzene rings is 2. The fourth-order valence-electron chi connectivity index (χ4n) is 3.50. The molecule has 0 aromatic heterocycles. The van der Waals surface area contributed by atoms with Crippen molar-refractivity contribution in [1.82, 2.24) is 0 Å². The molecule has 214 valence electrons. The Morgan fingerprint density at radius 2 is 0.650 bits per heavy atom. The van der Waals surface area contributed by atoms with E-state index in [1.54, 1.807) is 19.6 Å².